The number of esters is 1. The Balaban J connectivity index is 1.67. The van der Waals surface area contributed by atoms with Crippen LogP contribution in [0.2, 0.25) is 0 Å². The number of methoxy groups -OCH3 is 2. The fourth-order valence-electron chi connectivity index (χ4n) is 4.63. The van der Waals surface area contributed by atoms with Crippen molar-refractivity contribution >= 4 is 23.2 Å². The van der Waals surface area contributed by atoms with E-state index in [2.05, 4.69) is 9.97 Å². The lowest BCUT2D eigenvalue weighted by Crippen LogP contribution is -2.47. The van der Waals surface area contributed by atoms with Gasteiger partial charge in [-0.3, -0.25) is 9.59 Å². The van der Waals surface area contributed by atoms with Crippen LogP contribution in [0.15, 0.2) is 29.2 Å². The van der Waals surface area contributed by atoms with Gasteiger partial charge in [0.05, 0.1) is 30.8 Å². The highest BCUT2D eigenvalue weighted by Crippen LogP contribution is 2.52. The summed E-state index contributed by atoms with van der Waals surface area (Å²) in [7, 11) is 2.93. The number of nitrogens with zero attached hydrogens (tertiary/aromatic N) is 3. The predicted octanol–water partition coefficient (Wildman–Crippen LogP) is 2.33. The number of thiazole rings is 1. The second-order valence-corrected chi connectivity index (χ2v) is 7.77. The van der Waals surface area contributed by atoms with Crippen LogP contribution in [0.3, 0.4) is 0 Å². The molecule has 0 radical (unpaired) electrons. The fourth-order valence-corrected chi connectivity index (χ4v) is 5.18. The van der Waals surface area contributed by atoms with Crippen LogP contribution in [-0.2, 0) is 16.0 Å². The number of carbonyl (C=O) groups excluding carboxylic acids is 2. The zero-order valence-electron chi connectivity index (χ0n) is 15.3. The van der Waals surface area contributed by atoms with Crippen molar-refractivity contribution in [2.45, 2.75) is 37.8 Å². The lowest BCUT2D eigenvalue weighted by atomic mass is 9.71. The van der Waals surface area contributed by atoms with E-state index < -0.39 is 5.41 Å². The third kappa shape index (κ3) is 2.88. The maximum Gasteiger partial charge on any atom is 0.314 e. The molecule has 2 aromatic heterocycles. The zero-order valence-corrected chi connectivity index (χ0v) is 16.1. The lowest BCUT2D eigenvalue weighted by molar-refractivity contribution is -0.154. The number of rotatable bonds is 5. The van der Waals surface area contributed by atoms with E-state index >= 15 is 0 Å². The lowest BCUT2D eigenvalue weighted by Gasteiger charge is -2.34. The average Bonchev–Trinajstić information content (AvgIpc) is 3.42. The molecule has 0 N–H and O–H groups in total. The maximum absolute atomic E-state index is 13.3. The van der Waals surface area contributed by atoms with E-state index in [4.69, 9.17) is 9.47 Å². The molecule has 0 aliphatic carbocycles. The van der Waals surface area contributed by atoms with Gasteiger partial charge in [-0.05, 0) is 25.3 Å². The van der Waals surface area contributed by atoms with Gasteiger partial charge >= 0.3 is 5.97 Å². The van der Waals surface area contributed by atoms with Gasteiger partial charge in [0.15, 0.2) is 0 Å². The predicted molar refractivity (Wildman–Crippen MR) is 98.7 cm³/mol. The van der Waals surface area contributed by atoms with Crippen molar-refractivity contribution < 1.29 is 19.1 Å². The molecule has 0 aromatic carbocycles. The van der Waals surface area contributed by atoms with E-state index in [1.807, 2.05) is 10.3 Å². The van der Waals surface area contributed by atoms with Gasteiger partial charge in [0.1, 0.15) is 0 Å². The monoisotopic (exact) mass is 387 g/mol. The molecule has 0 spiro atoms. The molecule has 1 amide bonds. The molecule has 2 aliphatic rings. The molecule has 2 aliphatic heterocycles. The Bertz CT molecular complexity index is 856. The zero-order chi connectivity index (χ0) is 19.0. The normalized spacial score (nSPS) is 26.2. The number of fused-ring (bicyclic) bond motifs is 2. The van der Waals surface area contributed by atoms with Crippen LogP contribution < -0.4 is 4.74 Å². The first-order valence-electron chi connectivity index (χ1n) is 8.87. The van der Waals surface area contributed by atoms with E-state index in [1.165, 1.54) is 25.6 Å². The summed E-state index contributed by atoms with van der Waals surface area (Å²) < 4.78 is 10.3. The highest BCUT2D eigenvalue weighted by molar-refractivity contribution is 7.07. The number of amides is 1. The van der Waals surface area contributed by atoms with E-state index in [9.17, 15) is 9.59 Å². The summed E-state index contributed by atoms with van der Waals surface area (Å²) >= 11 is 1.50. The second-order valence-electron chi connectivity index (χ2n) is 7.05. The van der Waals surface area contributed by atoms with Gasteiger partial charge in [0, 0.05) is 41.7 Å². The molecule has 27 heavy (non-hydrogen) atoms. The Morgan fingerprint density at radius 3 is 2.89 bits per heavy atom. The SMILES string of the molecule is COC(=O)[C@@]1(Cc2cscn2)C[C@H]2CC[C@@H]1N2C(=O)c1ccnc(OC)c1. The number of pyridine rings is 1. The Labute approximate surface area is 161 Å². The van der Waals surface area contributed by atoms with Gasteiger partial charge in [-0.15, -0.1) is 11.3 Å². The number of carbonyl (C=O) groups is 2. The summed E-state index contributed by atoms with van der Waals surface area (Å²) in [4.78, 5) is 36.4. The van der Waals surface area contributed by atoms with Crippen molar-refractivity contribution in [1.29, 1.82) is 0 Å². The van der Waals surface area contributed by atoms with Crippen LogP contribution in [0.25, 0.3) is 0 Å². The molecule has 2 fully saturated rings. The molecule has 7 nitrogen and oxygen atoms in total. The molecular formula is C19H21N3O4S. The molecule has 2 aromatic rings. The maximum atomic E-state index is 13.3. The van der Waals surface area contributed by atoms with Gasteiger partial charge in [-0.1, -0.05) is 0 Å². The number of ether oxygens (including phenoxy) is 2. The summed E-state index contributed by atoms with van der Waals surface area (Å²) in [5.74, 6) is 0.0502. The van der Waals surface area contributed by atoms with Gasteiger partial charge in [0.25, 0.3) is 5.91 Å². The molecular weight excluding hydrogens is 366 g/mol. The minimum absolute atomic E-state index is 0.0272. The van der Waals surface area contributed by atoms with Crippen LogP contribution in [0, 0.1) is 5.41 Å². The molecule has 4 heterocycles. The molecule has 0 unspecified atom stereocenters. The van der Waals surface area contributed by atoms with Crippen LogP contribution >= 0.6 is 11.3 Å². The van der Waals surface area contributed by atoms with Crippen LogP contribution in [0.1, 0.15) is 35.3 Å². The van der Waals surface area contributed by atoms with Gasteiger partial charge in [-0.25, -0.2) is 9.97 Å². The Kier molecular flexibility index (Phi) is 4.59. The number of hydrogen-bond acceptors (Lipinski definition) is 7. The fraction of sp³-hybridized carbons (Fsp3) is 0.474. The summed E-state index contributed by atoms with van der Waals surface area (Å²) in [6, 6.07) is 3.16. The summed E-state index contributed by atoms with van der Waals surface area (Å²) in [6.45, 7) is 0. The largest absolute Gasteiger partial charge is 0.481 e. The smallest absolute Gasteiger partial charge is 0.314 e. The first-order chi connectivity index (χ1) is 13.1. The highest BCUT2D eigenvalue weighted by atomic mass is 32.1. The van der Waals surface area contributed by atoms with Crippen LogP contribution in [-0.4, -0.2) is 53.0 Å². The number of hydrogen-bond donors (Lipinski definition) is 0. The Hall–Kier alpha value is -2.48. The molecule has 3 atom stereocenters. The van der Waals surface area contributed by atoms with Crippen molar-refractivity contribution in [1.82, 2.24) is 14.9 Å². The molecule has 0 saturated carbocycles. The minimum Gasteiger partial charge on any atom is -0.481 e. The van der Waals surface area contributed by atoms with Crippen molar-refractivity contribution in [3.8, 4) is 5.88 Å². The average molecular weight is 387 g/mol. The molecule has 4 rings (SSSR count). The van der Waals surface area contributed by atoms with Gasteiger partial charge < -0.3 is 14.4 Å². The summed E-state index contributed by atoms with van der Waals surface area (Å²) in [5, 5.41) is 1.95. The standard InChI is InChI=1S/C19H21N3O4S/c1-25-16-7-12(5-6-20-16)17(23)22-14-3-4-15(22)19(9-14,18(24)26-2)8-13-10-27-11-21-13/h5-7,10-11,14-15H,3-4,8-9H2,1-2H3/t14-,15+,19+/m1/s1. The first-order valence-corrected chi connectivity index (χ1v) is 9.81. The quantitative estimate of drug-likeness (QED) is 0.733. The van der Waals surface area contributed by atoms with E-state index in [0.717, 1.165) is 18.5 Å². The Morgan fingerprint density at radius 1 is 1.33 bits per heavy atom. The van der Waals surface area contributed by atoms with E-state index in [0.29, 0.717) is 24.3 Å². The van der Waals surface area contributed by atoms with Crippen molar-refractivity contribution in [3.05, 3.63) is 40.5 Å². The second kappa shape index (κ2) is 6.92. The van der Waals surface area contributed by atoms with Crippen molar-refractivity contribution in [2.75, 3.05) is 14.2 Å². The van der Waals surface area contributed by atoms with Gasteiger partial charge in [0.2, 0.25) is 5.88 Å². The topological polar surface area (TPSA) is 81.6 Å². The van der Waals surface area contributed by atoms with E-state index in [-0.39, 0.29) is 24.0 Å². The molecule has 2 bridgehead atoms. The van der Waals surface area contributed by atoms with Crippen LogP contribution in [0.4, 0.5) is 0 Å². The molecule has 2 saturated heterocycles. The molecule has 8 heteroatoms. The Morgan fingerprint density at radius 2 is 2.19 bits per heavy atom. The van der Waals surface area contributed by atoms with Gasteiger partial charge in [-0.2, -0.15) is 0 Å². The first kappa shape index (κ1) is 17.9. The highest BCUT2D eigenvalue weighted by Gasteiger charge is 2.62. The third-order valence-electron chi connectivity index (χ3n) is 5.74. The summed E-state index contributed by atoms with van der Waals surface area (Å²) in [5.41, 5.74) is 2.42. The minimum atomic E-state index is -0.738. The van der Waals surface area contributed by atoms with Crippen molar-refractivity contribution in [3.63, 3.8) is 0 Å². The third-order valence-corrected chi connectivity index (χ3v) is 6.37. The van der Waals surface area contributed by atoms with E-state index in [1.54, 1.807) is 23.8 Å². The summed E-state index contributed by atoms with van der Waals surface area (Å²) in [6.07, 6.45) is 4.35. The van der Waals surface area contributed by atoms with Crippen LogP contribution in [0.5, 0.6) is 5.88 Å². The van der Waals surface area contributed by atoms with Crippen molar-refractivity contribution in [2.24, 2.45) is 5.41 Å². The molecule has 142 valence electrons. The number of aromatic nitrogens is 2.